The van der Waals surface area contributed by atoms with Gasteiger partial charge in [-0.15, -0.1) is 24.8 Å². The van der Waals surface area contributed by atoms with E-state index in [0.29, 0.717) is 17.4 Å². The van der Waals surface area contributed by atoms with E-state index in [1.807, 2.05) is 12.1 Å². The van der Waals surface area contributed by atoms with E-state index >= 15 is 0 Å². The normalized spacial score (nSPS) is 17.8. The van der Waals surface area contributed by atoms with Crippen LogP contribution in [0.3, 0.4) is 0 Å². The minimum absolute atomic E-state index is 0. The first-order chi connectivity index (χ1) is 9.67. The van der Waals surface area contributed by atoms with E-state index in [0.717, 1.165) is 38.2 Å². The van der Waals surface area contributed by atoms with Gasteiger partial charge < -0.3 is 15.2 Å². The van der Waals surface area contributed by atoms with E-state index in [9.17, 15) is 5.11 Å². The van der Waals surface area contributed by atoms with E-state index in [4.69, 9.17) is 4.74 Å². The maximum atomic E-state index is 10.3. The van der Waals surface area contributed by atoms with Crippen molar-refractivity contribution in [1.82, 2.24) is 10.2 Å². The molecule has 0 radical (unpaired) electrons. The number of benzene rings is 1. The van der Waals surface area contributed by atoms with E-state index in [1.165, 1.54) is 0 Å². The monoisotopic (exact) mass is 350 g/mol. The highest BCUT2D eigenvalue weighted by atomic mass is 35.5. The van der Waals surface area contributed by atoms with Crippen LogP contribution in [0.1, 0.15) is 31.9 Å². The molecule has 1 aliphatic rings. The lowest BCUT2D eigenvalue weighted by Crippen LogP contribution is -2.46. The van der Waals surface area contributed by atoms with Crippen LogP contribution in [0.15, 0.2) is 18.2 Å². The molecule has 1 heterocycles. The first-order valence-electron chi connectivity index (χ1n) is 7.49. The summed E-state index contributed by atoms with van der Waals surface area (Å²) in [6.07, 6.45) is 1.10. The molecule has 0 bridgehead atoms. The summed E-state index contributed by atoms with van der Waals surface area (Å²) >= 11 is 0. The highest BCUT2D eigenvalue weighted by Gasteiger charge is 2.28. The number of rotatable bonds is 5. The summed E-state index contributed by atoms with van der Waals surface area (Å²) < 4.78 is 5.18. The number of ether oxygens (including phenoxy) is 1. The molecule has 1 aromatic carbocycles. The molecule has 4 nitrogen and oxygen atoms in total. The average molecular weight is 351 g/mol. The molecule has 1 fully saturated rings. The molecule has 2 rings (SSSR count). The molecule has 2 atom stereocenters. The van der Waals surface area contributed by atoms with Gasteiger partial charge in [-0.25, -0.2) is 0 Å². The zero-order chi connectivity index (χ0) is 14.5. The quantitative estimate of drug-likeness (QED) is 0.855. The largest absolute Gasteiger partial charge is 0.507 e. The molecule has 0 amide bonds. The number of nitrogens with one attached hydrogen (secondary N) is 1. The van der Waals surface area contributed by atoms with Gasteiger partial charge in [-0.2, -0.15) is 0 Å². The summed E-state index contributed by atoms with van der Waals surface area (Å²) in [6.45, 7) is 8.56. The van der Waals surface area contributed by atoms with Crippen LogP contribution in [0.2, 0.25) is 0 Å². The van der Waals surface area contributed by atoms with Crippen LogP contribution in [0.4, 0.5) is 0 Å². The Morgan fingerprint density at radius 3 is 2.41 bits per heavy atom. The van der Waals surface area contributed by atoms with Crippen molar-refractivity contribution in [2.24, 2.45) is 5.92 Å². The Morgan fingerprint density at radius 2 is 1.91 bits per heavy atom. The number of methoxy groups -OCH3 is 1. The summed E-state index contributed by atoms with van der Waals surface area (Å²) in [6, 6.07) is 5.93. The Hall–Kier alpha value is -0.680. The Morgan fingerprint density at radius 1 is 1.27 bits per heavy atom. The van der Waals surface area contributed by atoms with Crippen molar-refractivity contribution in [3.8, 4) is 11.5 Å². The molecule has 22 heavy (non-hydrogen) atoms. The number of phenolic OH excluding ortho intramolecular Hbond substituents is 1. The maximum absolute atomic E-state index is 10.3. The summed E-state index contributed by atoms with van der Waals surface area (Å²) in [7, 11) is 1.62. The number of piperazine rings is 1. The number of halogens is 2. The molecule has 128 valence electrons. The van der Waals surface area contributed by atoms with Crippen LogP contribution >= 0.6 is 24.8 Å². The minimum Gasteiger partial charge on any atom is -0.507 e. The molecule has 0 saturated carbocycles. The van der Waals surface area contributed by atoms with E-state index < -0.39 is 0 Å². The van der Waals surface area contributed by atoms with Crippen molar-refractivity contribution in [3.05, 3.63) is 23.8 Å². The lowest BCUT2D eigenvalue weighted by molar-refractivity contribution is 0.126. The molecular formula is C16H28Cl2N2O2. The molecule has 0 aromatic heterocycles. The Labute approximate surface area is 146 Å². The van der Waals surface area contributed by atoms with Gasteiger partial charge in [0.2, 0.25) is 0 Å². The fraction of sp³-hybridized carbons (Fsp3) is 0.625. The van der Waals surface area contributed by atoms with Crippen LogP contribution < -0.4 is 10.1 Å². The average Bonchev–Trinajstić information content (AvgIpc) is 2.50. The van der Waals surface area contributed by atoms with Crippen LogP contribution in [0.25, 0.3) is 0 Å². The van der Waals surface area contributed by atoms with Crippen molar-refractivity contribution in [2.75, 3.05) is 33.3 Å². The van der Waals surface area contributed by atoms with E-state index in [1.54, 1.807) is 13.2 Å². The summed E-state index contributed by atoms with van der Waals surface area (Å²) in [4.78, 5) is 2.48. The first kappa shape index (κ1) is 21.3. The molecular weight excluding hydrogens is 323 g/mol. The van der Waals surface area contributed by atoms with Crippen LogP contribution in [-0.4, -0.2) is 43.3 Å². The standard InChI is InChI=1S/C16H26N2O2.2ClH/c1-4-12(2)16(18-9-7-17-8-10-18)14-6-5-13(20-3)11-15(14)19;;/h5-6,11-12,16-17,19H,4,7-10H2,1-3H3;2*1H/t12?,16-;;/m0../s1. The minimum atomic E-state index is 0. The predicted octanol–water partition coefficient (Wildman–Crippen LogP) is 3.24. The fourth-order valence-corrected chi connectivity index (χ4v) is 2.95. The smallest absolute Gasteiger partial charge is 0.124 e. The van der Waals surface area contributed by atoms with E-state index in [2.05, 4.69) is 24.1 Å². The molecule has 2 N–H and O–H groups in total. The van der Waals surface area contributed by atoms with Gasteiger partial charge in [0.25, 0.3) is 0 Å². The molecule has 6 heteroatoms. The molecule has 0 aliphatic carbocycles. The number of nitrogens with zero attached hydrogens (tertiary/aromatic N) is 1. The zero-order valence-electron chi connectivity index (χ0n) is 13.5. The summed E-state index contributed by atoms with van der Waals surface area (Å²) in [5, 5.41) is 13.7. The van der Waals surface area contributed by atoms with E-state index in [-0.39, 0.29) is 30.9 Å². The lowest BCUT2D eigenvalue weighted by atomic mass is 9.90. The molecule has 1 aliphatic heterocycles. The predicted molar refractivity (Wildman–Crippen MR) is 95.8 cm³/mol. The third kappa shape index (κ3) is 4.92. The van der Waals surface area contributed by atoms with Gasteiger partial charge >= 0.3 is 0 Å². The lowest BCUT2D eigenvalue weighted by Gasteiger charge is -2.38. The first-order valence-corrected chi connectivity index (χ1v) is 7.49. The fourth-order valence-electron chi connectivity index (χ4n) is 2.95. The second-order valence-corrected chi connectivity index (χ2v) is 5.54. The number of hydrogen-bond donors (Lipinski definition) is 2. The second kappa shape index (κ2) is 10.2. The van der Waals surface area contributed by atoms with Gasteiger partial charge in [-0.05, 0) is 12.0 Å². The highest BCUT2D eigenvalue weighted by molar-refractivity contribution is 5.85. The van der Waals surface area contributed by atoms with Crippen LogP contribution in [0, 0.1) is 5.92 Å². The van der Waals surface area contributed by atoms with Gasteiger partial charge in [0, 0.05) is 43.9 Å². The maximum Gasteiger partial charge on any atom is 0.124 e. The van der Waals surface area contributed by atoms with Crippen molar-refractivity contribution >= 4 is 24.8 Å². The Kier molecular flexibility index (Phi) is 9.85. The van der Waals surface area contributed by atoms with Crippen molar-refractivity contribution in [3.63, 3.8) is 0 Å². The number of hydrogen-bond acceptors (Lipinski definition) is 4. The summed E-state index contributed by atoms with van der Waals surface area (Å²) in [5.74, 6) is 1.55. The van der Waals surface area contributed by atoms with Gasteiger partial charge in [-0.3, -0.25) is 4.90 Å². The Bertz CT molecular complexity index is 440. The molecule has 0 spiro atoms. The highest BCUT2D eigenvalue weighted by Crippen LogP contribution is 2.37. The van der Waals surface area contributed by atoms with Crippen molar-refractivity contribution in [1.29, 1.82) is 0 Å². The van der Waals surface area contributed by atoms with Crippen molar-refractivity contribution < 1.29 is 9.84 Å². The summed E-state index contributed by atoms with van der Waals surface area (Å²) in [5.41, 5.74) is 1.02. The third-order valence-electron chi connectivity index (χ3n) is 4.28. The molecule has 1 aromatic rings. The number of aromatic hydroxyl groups is 1. The third-order valence-corrected chi connectivity index (χ3v) is 4.28. The van der Waals surface area contributed by atoms with Crippen molar-refractivity contribution in [2.45, 2.75) is 26.3 Å². The van der Waals surface area contributed by atoms with Gasteiger partial charge in [0.1, 0.15) is 11.5 Å². The molecule has 1 saturated heterocycles. The Balaban J connectivity index is 0.00000220. The zero-order valence-corrected chi connectivity index (χ0v) is 15.2. The number of phenols is 1. The van der Waals surface area contributed by atoms with Crippen LogP contribution in [0.5, 0.6) is 11.5 Å². The SMILES string of the molecule is CCC(C)[C@@H](c1ccc(OC)cc1O)N1CCNCC1.Cl.Cl. The van der Waals surface area contributed by atoms with Gasteiger partial charge in [0.05, 0.1) is 7.11 Å². The van der Waals surface area contributed by atoms with Gasteiger partial charge in [0.15, 0.2) is 0 Å². The van der Waals surface area contributed by atoms with Gasteiger partial charge in [-0.1, -0.05) is 26.3 Å². The van der Waals surface area contributed by atoms with Crippen LogP contribution in [-0.2, 0) is 0 Å². The topological polar surface area (TPSA) is 44.7 Å². The molecule has 1 unspecified atom stereocenters. The second-order valence-electron chi connectivity index (χ2n) is 5.54.